The fourth-order valence-electron chi connectivity index (χ4n) is 2.72. The molecule has 2 aromatic carbocycles. The molecule has 0 aliphatic carbocycles. The Kier molecular flexibility index (Phi) is 7.75. The molecule has 1 atom stereocenters. The Morgan fingerprint density at radius 3 is 2.31 bits per heavy atom. The van der Waals surface area contributed by atoms with E-state index in [1.165, 1.54) is 5.56 Å². The average molecular weight is 359 g/mol. The van der Waals surface area contributed by atoms with Gasteiger partial charge in [0.1, 0.15) is 18.5 Å². The van der Waals surface area contributed by atoms with Crippen molar-refractivity contribution < 1.29 is 19.3 Å². The molecule has 0 heterocycles. The Balaban J connectivity index is 1.88. The Labute approximate surface area is 156 Å². The van der Waals surface area contributed by atoms with Gasteiger partial charge in [0.15, 0.2) is 11.5 Å². The van der Waals surface area contributed by atoms with Crippen LogP contribution >= 0.6 is 0 Å². The molecule has 0 saturated carbocycles. The summed E-state index contributed by atoms with van der Waals surface area (Å²) in [6.45, 7) is 6.47. The van der Waals surface area contributed by atoms with E-state index < -0.39 is 6.10 Å². The Bertz CT molecular complexity index is 672. The van der Waals surface area contributed by atoms with Crippen LogP contribution in [-0.4, -0.2) is 50.0 Å². The van der Waals surface area contributed by atoms with E-state index in [4.69, 9.17) is 14.2 Å². The first-order chi connectivity index (χ1) is 12.5. The van der Waals surface area contributed by atoms with Crippen molar-refractivity contribution in [3.05, 3.63) is 53.6 Å². The fourth-order valence-corrected chi connectivity index (χ4v) is 2.72. The van der Waals surface area contributed by atoms with Crippen LogP contribution in [-0.2, 0) is 6.54 Å². The minimum absolute atomic E-state index is 0.269. The van der Waals surface area contributed by atoms with Gasteiger partial charge >= 0.3 is 0 Å². The third-order valence-corrected chi connectivity index (χ3v) is 4.23. The molecule has 0 bridgehead atoms. The maximum Gasteiger partial charge on any atom is 0.161 e. The lowest BCUT2D eigenvalue weighted by atomic mass is 10.1. The number of hydrogen-bond donors (Lipinski definition) is 1. The topological polar surface area (TPSA) is 51.2 Å². The average Bonchev–Trinajstić information content (AvgIpc) is 2.66. The Hall–Kier alpha value is -2.24. The molecule has 142 valence electrons. The van der Waals surface area contributed by atoms with Crippen molar-refractivity contribution in [2.75, 3.05) is 33.9 Å². The van der Waals surface area contributed by atoms with Crippen LogP contribution in [0.2, 0.25) is 0 Å². The second kappa shape index (κ2) is 10.0. The molecular weight excluding hydrogens is 330 g/mol. The molecule has 2 aromatic rings. The number of nitrogens with zero attached hydrogens (tertiary/aromatic N) is 1. The number of methoxy groups -OCH3 is 2. The summed E-state index contributed by atoms with van der Waals surface area (Å²) in [5.41, 5.74) is 2.29. The van der Waals surface area contributed by atoms with Crippen molar-refractivity contribution in [3.63, 3.8) is 0 Å². The molecule has 5 heteroatoms. The zero-order chi connectivity index (χ0) is 18.9. The number of ether oxygens (including phenoxy) is 3. The molecule has 0 amide bonds. The van der Waals surface area contributed by atoms with Gasteiger partial charge in [-0.25, -0.2) is 0 Å². The summed E-state index contributed by atoms with van der Waals surface area (Å²) >= 11 is 0. The minimum Gasteiger partial charge on any atom is -0.493 e. The maximum absolute atomic E-state index is 10.3. The highest BCUT2D eigenvalue weighted by atomic mass is 16.5. The van der Waals surface area contributed by atoms with Crippen LogP contribution in [0.1, 0.15) is 18.1 Å². The largest absolute Gasteiger partial charge is 0.493 e. The van der Waals surface area contributed by atoms with Crippen molar-refractivity contribution in [1.29, 1.82) is 0 Å². The lowest BCUT2D eigenvalue weighted by molar-refractivity contribution is 0.0674. The van der Waals surface area contributed by atoms with E-state index in [1.807, 2.05) is 49.4 Å². The van der Waals surface area contributed by atoms with Crippen LogP contribution in [0.4, 0.5) is 0 Å². The van der Waals surface area contributed by atoms with E-state index in [2.05, 4.69) is 11.8 Å². The molecule has 0 fully saturated rings. The molecular formula is C21H29NO4. The van der Waals surface area contributed by atoms with Crippen molar-refractivity contribution in [3.8, 4) is 17.2 Å². The number of benzene rings is 2. The molecule has 26 heavy (non-hydrogen) atoms. The van der Waals surface area contributed by atoms with Crippen LogP contribution in [0, 0.1) is 6.92 Å². The molecule has 5 nitrogen and oxygen atoms in total. The SMILES string of the molecule is CCN(Cc1ccc(OC)c(OC)c1)CC(O)COc1ccc(C)cc1. The van der Waals surface area contributed by atoms with Gasteiger partial charge in [-0.2, -0.15) is 0 Å². The highest BCUT2D eigenvalue weighted by Gasteiger charge is 2.13. The van der Waals surface area contributed by atoms with E-state index in [-0.39, 0.29) is 6.61 Å². The van der Waals surface area contributed by atoms with Crippen LogP contribution < -0.4 is 14.2 Å². The van der Waals surface area contributed by atoms with Gasteiger partial charge in [-0.05, 0) is 43.3 Å². The Morgan fingerprint density at radius 1 is 1.00 bits per heavy atom. The molecule has 0 spiro atoms. The van der Waals surface area contributed by atoms with Crippen LogP contribution in [0.15, 0.2) is 42.5 Å². The monoisotopic (exact) mass is 359 g/mol. The number of aliphatic hydroxyl groups excluding tert-OH is 1. The summed E-state index contributed by atoms with van der Waals surface area (Å²) in [5, 5.41) is 10.3. The number of likely N-dealkylation sites (N-methyl/N-ethyl adjacent to an activating group) is 1. The first kappa shape index (κ1) is 20.1. The number of rotatable bonds is 10. The van der Waals surface area contributed by atoms with Crippen LogP contribution in [0.25, 0.3) is 0 Å². The van der Waals surface area contributed by atoms with Crippen molar-refractivity contribution in [1.82, 2.24) is 4.90 Å². The molecule has 2 rings (SSSR count). The summed E-state index contributed by atoms with van der Waals surface area (Å²) in [4.78, 5) is 2.17. The van der Waals surface area contributed by atoms with E-state index in [0.29, 0.717) is 18.0 Å². The van der Waals surface area contributed by atoms with Gasteiger partial charge in [0.25, 0.3) is 0 Å². The molecule has 0 aliphatic rings. The molecule has 0 aromatic heterocycles. The van der Waals surface area contributed by atoms with E-state index in [0.717, 1.165) is 24.4 Å². The van der Waals surface area contributed by atoms with Crippen molar-refractivity contribution >= 4 is 0 Å². The predicted molar refractivity (Wildman–Crippen MR) is 103 cm³/mol. The second-order valence-electron chi connectivity index (χ2n) is 6.29. The van der Waals surface area contributed by atoms with E-state index in [9.17, 15) is 5.11 Å². The zero-order valence-electron chi connectivity index (χ0n) is 16.1. The minimum atomic E-state index is -0.559. The smallest absolute Gasteiger partial charge is 0.161 e. The van der Waals surface area contributed by atoms with Gasteiger partial charge in [0.2, 0.25) is 0 Å². The summed E-state index contributed by atoms with van der Waals surface area (Å²) in [7, 11) is 3.26. The van der Waals surface area contributed by atoms with Gasteiger partial charge in [-0.15, -0.1) is 0 Å². The number of aliphatic hydroxyl groups is 1. The number of aryl methyl sites for hydroxylation is 1. The van der Waals surface area contributed by atoms with Crippen molar-refractivity contribution in [2.45, 2.75) is 26.5 Å². The first-order valence-corrected chi connectivity index (χ1v) is 8.86. The molecule has 0 saturated heterocycles. The predicted octanol–water partition coefficient (Wildman–Crippen LogP) is 3.27. The molecule has 1 unspecified atom stereocenters. The third-order valence-electron chi connectivity index (χ3n) is 4.23. The summed E-state index contributed by atoms with van der Waals surface area (Å²) < 4.78 is 16.3. The summed E-state index contributed by atoms with van der Waals surface area (Å²) in [6, 6.07) is 13.7. The lowest BCUT2D eigenvalue weighted by Crippen LogP contribution is -2.35. The van der Waals surface area contributed by atoms with Crippen LogP contribution in [0.5, 0.6) is 17.2 Å². The van der Waals surface area contributed by atoms with Crippen LogP contribution in [0.3, 0.4) is 0 Å². The highest BCUT2D eigenvalue weighted by molar-refractivity contribution is 5.42. The van der Waals surface area contributed by atoms with Gasteiger partial charge < -0.3 is 19.3 Å². The standard InChI is InChI=1S/C21H29NO4/c1-5-22(13-17-8-11-20(24-3)21(12-17)25-4)14-18(23)15-26-19-9-6-16(2)7-10-19/h6-12,18,23H,5,13-15H2,1-4H3. The Morgan fingerprint density at radius 2 is 1.69 bits per heavy atom. The first-order valence-electron chi connectivity index (χ1n) is 8.86. The fraction of sp³-hybridized carbons (Fsp3) is 0.429. The zero-order valence-corrected chi connectivity index (χ0v) is 16.1. The van der Waals surface area contributed by atoms with Gasteiger partial charge in [-0.1, -0.05) is 30.7 Å². The van der Waals surface area contributed by atoms with E-state index >= 15 is 0 Å². The van der Waals surface area contributed by atoms with Gasteiger partial charge in [0, 0.05) is 13.1 Å². The highest BCUT2D eigenvalue weighted by Crippen LogP contribution is 2.28. The third kappa shape index (κ3) is 5.93. The number of hydrogen-bond acceptors (Lipinski definition) is 5. The lowest BCUT2D eigenvalue weighted by Gasteiger charge is -2.24. The maximum atomic E-state index is 10.3. The molecule has 1 N–H and O–H groups in total. The molecule has 0 radical (unpaired) electrons. The van der Waals surface area contributed by atoms with E-state index in [1.54, 1.807) is 14.2 Å². The van der Waals surface area contributed by atoms with Gasteiger partial charge in [-0.3, -0.25) is 4.90 Å². The van der Waals surface area contributed by atoms with Crippen molar-refractivity contribution in [2.24, 2.45) is 0 Å². The summed E-state index contributed by atoms with van der Waals surface area (Å²) in [6.07, 6.45) is -0.559. The quantitative estimate of drug-likeness (QED) is 0.706. The summed E-state index contributed by atoms with van der Waals surface area (Å²) in [5.74, 6) is 2.20. The van der Waals surface area contributed by atoms with Gasteiger partial charge in [0.05, 0.1) is 14.2 Å². The normalized spacial score (nSPS) is 12.1. The molecule has 0 aliphatic heterocycles. The second-order valence-corrected chi connectivity index (χ2v) is 6.29.